The van der Waals surface area contributed by atoms with Crippen LogP contribution in [0.2, 0.25) is 0 Å². The van der Waals surface area contributed by atoms with Crippen LogP contribution in [0.4, 0.5) is 13.2 Å². The van der Waals surface area contributed by atoms with Crippen LogP contribution in [-0.2, 0) is 0 Å². The first-order valence-electron chi connectivity index (χ1n) is 3.40. The number of allylic oxidation sites excluding steroid dienone is 5. The van der Waals surface area contributed by atoms with Crippen LogP contribution in [0.25, 0.3) is 0 Å². The molecule has 0 spiro atoms. The molecular weight excluding hydrogens is 249 g/mol. The summed E-state index contributed by atoms with van der Waals surface area (Å²) in [5, 5.41) is 8.52. The molecule has 0 radical (unpaired) electrons. The standard InChI is InChI=1S/C8H6BrF3O/c9-7-2-1-5(4-13)3-6(7)8(10,11)12/h1-4,7,13H/b5-4+. The lowest BCUT2D eigenvalue weighted by Crippen LogP contribution is -2.20. The number of rotatable bonds is 0. The predicted molar refractivity (Wildman–Crippen MR) is 46.7 cm³/mol. The van der Waals surface area contributed by atoms with E-state index in [-0.39, 0.29) is 5.57 Å². The van der Waals surface area contributed by atoms with E-state index in [1.165, 1.54) is 12.2 Å². The van der Waals surface area contributed by atoms with Crippen LogP contribution in [0, 0.1) is 0 Å². The van der Waals surface area contributed by atoms with Gasteiger partial charge >= 0.3 is 6.18 Å². The van der Waals surface area contributed by atoms with Gasteiger partial charge in [0.15, 0.2) is 0 Å². The van der Waals surface area contributed by atoms with E-state index >= 15 is 0 Å². The third kappa shape index (κ3) is 2.37. The molecule has 0 aromatic heterocycles. The highest BCUT2D eigenvalue weighted by Crippen LogP contribution is 2.35. The predicted octanol–water partition coefficient (Wildman–Crippen LogP) is 3.25. The summed E-state index contributed by atoms with van der Waals surface area (Å²) in [6.45, 7) is 0. The monoisotopic (exact) mass is 254 g/mol. The lowest BCUT2D eigenvalue weighted by molar-refractivity contribution is -0.0923. The van der Waals surface area contributed by atoms with Crippen molar-refractivity contribution in [2.24, 2.45) is 0 Å². The Morgan fingerprint density at radius 3 is 2.54 bits per heavy atom. The summed E-state index contributed by atoms with van der Waals surface area (Å²) < 4.78 is 36.8. The first-order chi connectivity index (χ1) is 5.95. The Hall–Kier alpha value is -0.710. The topological polar surface area (TPSA) is 20.2 Å². The van der Waals surface area contributed by atoms with Crippen molar-refractivity contribution in [2.75, 3.05) is 0 Å². The van der Waals surface area contributed by atoms with Gasteiger partial charge in [-0.05, 0) is 6.08 Å². The van der Waals surface area contributed by atoms with E-state index in [2.05, 4.69) is 15.9 Å². The molecule has 1 aliphatic carbocycles. The first kappa shape index (κ1) is 10.4. The molecule has 0 fully saturated rings. The second-order valence-electron chi connectivity index (χ2n) is 2.49. The van der Waals surface area contributed by atoms with Gasteiger partial charge in [0.05, 0.1) is 16.7 Å². The number of aliphatic hydroxyl groups is 1. The van der Waals surface area contributed by atoms with Gasteiger partial charge in [-0.25, -0.2) is 0 Å². The maximum atomic E-state index is 12.3. The van der Waals surface area contributed by atoms with Crippen molar-refractivity contribution in [3.63, 3.8) is 0 Å². The molecule has 0 aliphatic heterocycles. The van der Waals surface area contributed by atoms with E-state index in [4.69, 9.17) is 5.11 Å². The molecule has 0 heterocycles. The van der Waals surface area contributed by atoms with Crippen LogP contribution in [-0.4, -0.2) is 16.1 Å². The average molecular weight is 255 g/mol. The number of aliphatic hydroxyl groups excluding tert-OH is 1. The number of halogens is 4. The Kier molecular flexibility index (Phi) is 2.85. The molecule has 0 saturated heterocycles. The van der Waals surface area contributed by atoms with E-state index in [0.717, 1.165) is 6.08 Å². The maximum Gasteiger partial charge on any atom is 0.414 e. The van der Waals surface area contributed by atoms with Gasteiger partial charge in [-0.2, -0.15) is 13.2 Å². The Morgan fingerprint density at radius 1 is 1.46 bits per heavy atom. The zero-order valence-corrected chi connectivity index (χ0v) is 7.93. The quantitative estimate of drug-likeness (QED) is 0.520. The van der Waals surface area contributed by atoms with E-state index in [0.29, 0.717) is 6.26 Å². The molecule has 72 valence electrons. The molecule has 0 amide bonds. The van der Waals surface area contributed by atoms with E-state index < -0.39 is 16.6 Å². The fraction of sp³-hybridized carbons (Fsp3) is 0.250. The Balaban J connectivity index is 3.02. The van der Waals surface area contributed by atoms with Gasteiger partial charge in [-0.15, -0.1) is 0 Å². The van der Waals surface area contributed by atoms with Crippen molar-refractivity contribution < 1.29 is 18.3 Å². The maximum absolute atomic E-state index is 12.3. The van der Waals surface area contributed by atoms with Gasteiger partial charge < -0.3 is 5.11 Å². The zero-order valence-electron chi connectivity index (χ0n) is 6.35. The molecule has 1 unspecified atom stereocenters. The second-order valence-corrected chi connectivity index (χ2v) is 3.47. The summed E-state index contributed by atoms with van der Waals surface area (Å²) in [5.74, 6) is 0. The average Bonchev–Trinajstić information content (AvgIpc) is 2.03. The lowest BCUT2D eigenvalue weighted by Gasteiger charge is -2.17. The van der Waals surface area contributed by atoms with Crippen LogP contribution in [0.1, 0.15) is 0 Å². The fourth-order valence-electron chi connectivity index (χ4n) is 0.925. The van der Waals surface area contributed by atoms with Gasteiger partial charge in [0, 0.05) is 5.57 Å². The Labute approximate surface area is 81.4 Å². The first-order valence-corrected chi connectivity index (χ1v) is 4.32. The van der Waals surface area contributed by atoms with E-state index in [1.807, 2.05) is 0 Å². The highest BCUT2D eigenvalue weighted by molar-refractivity contribution is 9.09. The molecule has 1 nitrogen and oxygen atoms in total. The minimum atomic E-state index is -4.37. The number of hydrogen-bond acceptors (Lipinski definition) is 1. The fourth-order valence-corrected chi connectivity index (χ4v) is 1.47. The Bertz CT molecular complexity index is 288. The van der Waals surface area contributed by atoms with Gasteiger partial charge in [-0.1, -0.05) is 28.1 Å². The van der Waals surface area contributed by atoms with Crippen molar-refractivity contribution >= 4 is 15.9 Å². The summed E-state index contributed by atoms with van der Waals surface area (Å²) in [4.78, 5) is -0.837. The van der Waals surface area contributed by atoms with Crippen LogP contribution < -0.4 is 0 Å². The molecule has 0 aromatic rings. The van der Waals surface area contributed by atoms with Crippen molar-refractivity contribution in [1.82, 2.24) is 0 Å². The molecule has 1 rings (SSSR count). The van der Waals surface area contributed by atoms with Crippen molar-refractivity contribution in [1.29, 1.82) is 0 Å². The summed E-state index contributed by atoms with van der Waals surface area (Å²) in [6, 6.07) is 0. The van der Waals surface area contributed by atoms with E-state index in [1.54, 1.807) is 0 Å². The normalized spacial score (nSPS) is 26.3. The second kappa shape index (κ2) is 3.57. The van der Waals surface area contributed by atoms with E-state index in [9.17, 15) is 13.2 Å². The van der Waals surface area contributed by atoms with Gasteiger partial charge in [0.25, 0.3) is 0 Å². The van der Waals surface area contributed by atoms with Crippen LogP contribution >= 0.6 is 15.9 Å². The van der Waals surface area contributed by atoms with Gasteiger partial charge in [-0.3, -0.25) is 0 Å². The van der Waals surface area contributed by atoms with Gasteiger partial charge in [0.1, 0.15) is 0 Å². The molecule has 1 aliphatic rings. The molecule has 1 N–H and O–H groups in total. The third-order valence-electron chi connectivity index (χ3n) is 1.55. The summed E-state index contributed by atoms with van der Waals surface area (Å²) in [5.41, 5.74) is -0.571. The summed E-state index contributed by atoms with van der Waals surface area (Å²) in [7, 11) is 0. The lowest BCUT2D eigenvalue weighted by atomic mass is 10.0. The Morgan fingerprint density at radius 2 is 2.08 bits per heavy atom. The molecule has 0 aromatic carbocycles. The SMILES string of the molecule is O/C=C1\C=CC(Br)C(C(F)(F)F)=C1. The molecule has 0 bridgehead atoms. The largest absolute Gasteiger partial charge is 0.515 e. The van der Waals surface area contributed by atoms with Crippen molar-refractivity contribution in [2.45, 2.75) is 11.0 Å². The highest BCUT2D eigenvalue weighted by Gasteiger charge is 2.37. The third-order valence-corrected chi connectivity index (χ3v) is 2.35. The molecule has 0 saturated carbocycles. The smallest absolute Gasteiger partial charge is 0.414 e. The highest BCUT2D eigenvalue weighted by atomic mass is 79.9. The van der Waals surface area contributed by atoms with Crippen molar-refractivity contribution in [3.05, 3.63) is 35.6 Å². The minimum absolute atomic E-state index is 0.142. The summed E-state index contributed by atoms with van der Waals surface area (Å²) >= 11 is 2.86. The number of alkyl halides is 4. The molecular formula is C8H6BrF3O. The minimum Gasteiger partial charge on any atom is -0.515 e. The molecule has 1 atom stereocenters. The van der Waals surface area contributed by atoms with Crippen LogP contribution in [0.3, 0.4) is 0 Å². The summed E-state index contributed by atoms with van der Waals surface area (Å²) in [6.07, 6.45) is -0.0900. The van der Waals surface area contributed by atoms with Crippen molar-refractivity contribution in [3.8, 4) is 0 Å². The molecule has 5 heteroatoms. The van der Waals surface area contributed by atoms with Gasteiger partial charge in [0.2, 0.25) is 0 Å². The van der Waals surface area contributed by atoms with Crippen LogP contribution in [0.15, 0.2) is 35.6 Å². The number of hydrogen-bond donors (Lipinski definition) is 1. The zero-order chi connectivity index (χ0) is 10.1. The molecule has 13 heavy (non-hydrogen) atoms. The van der Waals surface area contributed by atoms with Crippen LogP contribution in [0.5, 0.6) is 0 Å².